The molecule has 0 saturated heterocycles. The fourth-order valence-electron chi connectivity index (χ4n) is 2.02. The number of benzene rings is 1. The van der Waals surface area contributed by atoms with Gasteiger partial charge in [0.25, 0.3) is 0 Å². The van der Waals surface area contributed by atoms with E-state index in [0.29, 0.717) is 27.5 Å². The Labute approximate surface area is 125 Å². The number of halogens is 2. The average Bonchev–Trinajstić information content (AvgIpc) is 3.08. The van der Waals surface area contributed by atoms with Crippen LogP contribution in [0.4, 0.5) is 0 Å². The van der Waals surface area contributed by atoms with Crippen LogP contribution in [0.15, 0.2) is 16.6 Å². The molecule has 0 bridgehead atoms. The van der Waals surface area contributed by atoms with E-state index in [1.54, 1.807) is 12.1 Å². The third-order valence-electron chi connectivity index (χ3n) is 3.07. The molecule has 1 saturated carbocycles. The lowest BCUT2D eigenvalue weighted by atomic mass is 10.2. The molecule has 0 spiro atoms. The summed E-state index contributed by atoms with van der Waals surface area (Å²) in [4.78, 5) is 12.7. The molecule has 0 unspecified atom stereocenters. The number of carboxylic acids is 1. The summed E-state index contributed by atoms with van der Waals surface area (Å²) in [7, 11) is 0. The van der Waals surface area contributed by atoms with Crippen LogP contribution in [0, 0.1) is 5.92 Å². The minimum absolute atomic E-state index is 0.0277. The molecule has 1 aliphatic rings. The fourth-order valence-corrected chi connectivity index (χ4v) is 2.90. The van der Waals surface area contributed by atoms with Gasteiger partial charge in [-0.15, -0.1) is 0 Å². The van der Waals surface area contributed by atoms with Gasteiger partial charge in [0, 0.05) is 23.7 Å². The van der Waals surface area contributed by atoms with Crippen molar-refractivity contribution in [3.8, 4) is 5.75 Å². The number of nitrogens with zero attached hydrogens (tertiary/aromatic N) is 1. The van der Waals surface area contributed by atoms with Crippen LogP contribution in [-0.2, 0) is 11.3 Å². The number of phenolic OH excluding ortho intramolecular Hbond substituents is 1. The van der Waals surface area contributed by atoms with Crippen molar-refractivity contribution in [2.75, 3.05) is 13.1 Å². The molecular weight excluding hydrogens is 334 g/mol. The van der Waals surface area contributed by atoms with Crippen LogP contribution in [-0.4, -0.2) is 34.2 Å². The number of rotatable bonds is 6. The first kappa shape index (κ1) is 14.6. The summed E-state index contributed by atoms with van der Waals surface area (Å²) in [6.07, 6.45) is 2.31. The van der Waals surface area contributed by atoms with Crippen LogP contribution in [0.25, 0.3) is 0 Å². The highest BCUT2D eigenvalue weighted by atomic mass is 79.9. The molecule has 0 radical (unpaired) electrons. The molecule has 1 aliphatic carbocycles. The van der Waals surface area contributed by atoms with Crippen molar-refractivity contribution in [3.63, 3.8) is 0 Å². The second-order valence-corrected chi connectivity index (χ2v) is 6.19. The summed E-state index contributed by atoms with van der Waals surface area (Å²) in [5.41, 5.74) is 0.640. The maximum Gasteiger partial charge on any atom is 0.317 e. The Kier molecular flexibility index (Phi) is 4.71. The van der Waals surface area contributed by atoms with E-state index < -0.39 is 5.97 Å². The Balaban J connectivity index is 2.12. The second-order valence-electron chi connectivity index (χ2n) is 4.90. The van der Waals surface area contributed by atoms with Gasteiger partial charge in [0.1, 0.15) is 5.75 Å². The van der Waals surface area contributed by atoms with Gasteiger partial charge in [0.05, 0.1) is 11.0 Å². The van der Waals surface area contributed by atoms with E-state index >= 15 is 0 Å². The maximum absolute atomic E-state index is 10.9. The van der Waals surface area contributed by atoms with Crippen LogP contribution in [0.1, 0.15) is 18.4 Å². The Hall–Kier alpha value is -0.780. The number of hydrogen-bond donors (Lipinski definition) is 2. The van der Waals surface area contributed by atoms with Crippen LogP contribution in [0.3, 0.4) is 0 Å². The largest absolute Gasteiger partial charge is 0.506 e. The molecule has 0 aromatic heterocycles. The first-order chi connectivity index (χ1) is 8.95. The quantitative estimate of drug-likeness (QED) is 0.829. The lowest BCUT2D eigenvalue weighted by Gasteiger charge is -2.21. The van der Waals surface area contributed by atoms with E-state index in [4.69, 9.17) is 16.7 Å². The normalized spacial score (nSPS) is 14.9. The van der Waals surface area contributed by atoms with Gasteiger partial charge in [-0.3, -0.25) is 9.69 Å². The van der Waals surface area contributed by atoms with E-state index in [1.807, 2.05) is 4.90 Å². The minimum Gasteiger partial charge on any atom is -0.506 e. The van der Waals surface area contributed by atoms with Gasteiger partial charge in [-0.05, 0) is 46.8 Å². The van der Waals surface area contributed by atoms with Crippen LogP contribution in [0.5, 0.6) is 5.75 Å². The minimum atomic E-state index is -0.860. The average molecular weight is 349 g/mol. The van der Waals surface area contributed by atoms with Crippen LogP contribution in [0.2, 0.25) is 5.02 Å². The van der Waals surface area contributed by atoms with E-state index in [9.17, 15) is 9.90 Å². The van der Waals surface area contributed by atoms with Gasteiger partial charge in [0.15, 0.2) is 0 Å². The Morgan fingerprint density at radius 3 is 2.74 bits per heavy atom. The third-order valence-corrected chi connectivity index (χ3v) is 3.90. The molecule has 6 heteroatoms. The van der Waals surface area contributed by atoms with Gasteiger partial charge < -0.3 is 10.2 Å². The molecule has 0 atom stereocenters. The van der Waals surface area contributed by atoms with Crippen molar-refractivity contribution in [3.05, 3.63) is 27.2 Å². The Bertz CT molecular complexity index is 491. The molecule has 1 aromatic rings. The van der Waals surface area contributed by atoms with Crippen molar-refractivity contribution >= 4 is 33.5 Å². The lowest BCUT2D eigenvalue weighted by molar-refractivity contribution is -0.138. The monoisotopic (exact) mass is 347 g/mol. The van der Waals surface area contributed by atoms with Crippen molar-refractivity contribution in [1.82, 2.24) is 4.90 Å². The molecule has 2 rings (SSSR count). The first-order valence-electron chi connectivity index (χ1n) is 6.06. The smallest absolute Gasteiger partial charge is 0.317 e. The molecule has 104 valence electrons. The van der Waals surface area contributed by atoms with Gasteiger partial charge in [-0.25, -0.2) is 0 Å². The molecule has 1 fully saturated rings. The second kappa shape index (κ2) is 6.11. The summed E-state index contributed by atoms with van der Waals surface area (Å²) in [5.74, 6) is -0.152. The zero-order chi connectivity index (χ0) is 14.0. The highest BCUT2D eigenvalue weighted by Crippen LogP contribution is 2.34. The molecular formula is C13H15BrClNO3. The molecule has 0 aliphatic heterocycles. The maximum atomic E-state index is 10.9. The third kappa shape index (κ3) is 4.37. The lowest BCUT2D eigenvalue weighted by Crippen LogP contribution is -2.31. The number of hydrogen-bond acceptors (Lipinski definition) is 3. The number of aromatic hydroxyl groups is 1. The summed E-state index contributed by atoms with van der Waals surface area (Å²) in [6, 6.07) is 3.28. The van der Waals surface area contributed by atoms with Gasteiger partial charge >= 0.3 is 5.97 Å². The summed E-state index contributed by atoms with van der Waals surface area (Å²) < 4.78 is 0.525. The molecule has 1 aromatic carbocycles. The predicted molar refractivity (Wildman–Crippen MR) is 76.5 cm³/mol. The Morgan fingerprint density at radius 1 is 1.47 bits per heavy atom. The van der Waals surface area contributed by atoms with Crippen molar-refractivity contribution in [1.29, 1.82) is 0 Å². The van der Waals surface area contributed by atoms with Crippen LogP contribution >= 0.6 is 27.5 Å². The topological polar surface area (TPSA) is 60.8 Å². The first-order valence-corrected chi connectivity index (χ1v) is 7.24. The number of phenols is 1. The zero-order valence-corrected chi connectivity index (χ0v) is 12.6. The van der Waals surface area contributed by atoms with Gasteiger partial charge in [-0.1, -0.05) is 11.6 Å². The standard InChI is InChI=1S/C13H15BrClNO3/c14-11-4-10(15)3-9(13(11)19)6-16(7-12(17)18)5-8-1-2-8/h3-4,8,19H,1-2,5-7H2,(H,17,18). The molecule has 0 amide bonds. The molecule has 0 heterocycles. The highest BCUT2D eigenvalue weighted by Gasteiger charge is 2.26. The highest BCUT2D eigenvalue weighted by molar-refractivity contribution is 9.10. The van der Waals surface area contributed by atoms with E-state index in [1.165, 1.54) is 0 Å². The molecule has 19 heavy (non-hydrogen) atoms. The van der Waals surface area contributed by atoms with E-state index in [2.05, 4.69) is 15.9 Å². The molecule has 4 nitrogen and oxygen atoms in total. The Morgan fingerprint density at radius 2 is 2.16 bits per heavy atom. The number of carboxylic acid groups (broad SMARTS) is 1. The summed E-state index contributed by atoms with van der Waals surface area (Å²) in [5, 5.41) is 19.4. The predicted octanol–water partition coefficient (Wildman–Crippen LogP) is 3.10. The fraction of sp³-hybridized carbons (Fsp3) is 0.462. The summed E-state index contributed by atoms with van der Waals surface area (Å²) >= 11 is 9.18. The van der Waals surface area contributed by atoms with E-state index in [0.717, 1.165) is 19.4 Å². The SMILES string of the molecule is O=C(O)CN(Cc1cc(Cl)cc(Br)c1O)CC1CC1. The zero-order valence-electron chi connectivity index (χ0n) is 10.3. The van der Waals surface area contributed by atoms with Gasteiger partial charge in [0.2, 0.25) is 0 Å². The van der Waals surface area contributed by atoms with Crippen LogP contribution < -0.4 is 0 Å². The van der Waals surface area contributed by atoms with Crippen molar-refractivity contribution in [2.45, 2.75) is 19.4 Å². The number of carbonyl (C=O) groups is 1. The van der Waals surface area contributed by atoms with Crippen molar-refractivity contribution < 1.29 is 15.0 Å². The van der Waals surface area contributed by atoms with Gasteiger partial charge in [-0.2, -0.15) is 0 Å². The van der Waals surface area contributed by atoms with Crippen molar-refractivity contribution in [2.24, 2.45) is 5.92 Å². The molecule has 2 N–H and O–H groups in total. The van der Waals surface area contributed by atoms with E-state index in [-0.39, 0.29) is 12.3 Å². The number of aliphatic carboxylic acids is 1. The summed E-state index contributed by atoms with van der Waals surface area (Å²) in [6.45, 7) is 1.10.